The number of aryl methyl sites for hydroxylation is 2. The van der Waals surface area contributed by atoms with Crippen molar-refractivity contribution in [2.24, 2.45) is 0 Å². The monoisotopic (exact) mass is 698 g/mol. The molecule has 0 saturated carbocycles. The van der Waals surface area contributed by atoms with Crippen molar-refractivity contribution in [3.05, 3.63) is 94.6 Å². The van der Waals surface area contributed by atoms with Crippen molar-refractivity contribution in [2.75, 3.05) is 23.9 Å². The van der Waals surface area contributed by atoms with Gasteiger partial charge in [-0.1, -0.05) is 26.0 Å². The Bertz CT molecular complexity index is 1930. The molecule has 52 heavy (non-hydrogen) atoms. The number of amides is 4. The summed E-state index contributed by atoms with van der Waals surface area (Å²) >= 11 is 0. The summed E-state index contributed by atoms with van der Waals surface area (Å²) in [5.74, 6) is 0.494. The van der Waals surface area contributed by atoms with E-state index in [1.807, 2.05) is 64.9 Å². The topological polar surface area (TPSA) is 125 Å². The number of benzene rings is 2. The summed E-state index contributed by atoms with van der Waals surface area (Å²) < 4.78 is 0. The van der Waals surface area contributed by atoms with Gasteiger partial charge in [0.2, 0.25) is 23.6 Å². The van der Waals surface area contributed by atoms with Gasteiger partial charge >= 0.3 is 0 Å². The average Bonchev–Trinajstić information content (AvgIpc) is 3.78. The van der Waals surface area contributed by atoms with Crippen LogP contribution in [0.3, 0.4) is 0 Å². The van der Waals surface area contributed by atoms with E-state index in [0.717, 1.165) is 83.3 Å². The number of fused-ring (bicyclic) bond motifs is 4. The third kappa shape index (κ3) is 6.69. The minimum atomic E-state index is 0.0614. The van der Waals surface area contributed by atoms with Gasteiger partial charge < -0.3 is 20.4 Å². The average molecular weight is 699 g/mol. The molecule has 2 aromatic carbocycles. The van der Waals surface area contributed by atoms with Crippen molar-refractivity contribution >= 4 is 35.0 Å². The molecule has 4 aromatic rings. The largest absolute Gasteiger partial charge is 0.349 e. The molecule has 0 saturated heterocycles. The van der Waals surface area contributed by atoms with Crippen molar-refractivity contribution in [3.8, 4) is 22.3 Å². The van der Waals surface area contributed by atoms with Crippen LogP contribution in [0, 0.1) is 0 Å². The van der Waals surface area contributed by atoms with E-state index in [1.54, 1.807) is 9.80 Å². The molecule has 268 valence electrons. The van der Waals surface area contributed by atoms with Gasteiger partial charge in [0.25, 0.3) is 0 Å². The number of nitrogens with one attached hydrogen (secondary N) is 2. The number of carbonyl (C=O) groups is 4. The molecule has 10 nitrogen and oxygen atoms in total. The zero-order chi connectivity index (χ0) is 36.5. The molecule has 8 rings (SSSR count). The Morgan fingerprint density at radius 2 is 1.06 bits per heavy atom. The van der Waals surface area contributed by atoms with Crippen LogP contribution in [0.15, 0.2) is 61.2 Å². The smallest absolute Gasteiger partial charge is 0.227 e. The standard InChI is InChI=1S/2C21H23N3O2/c2*1-3-20(25)23-18-7-6-15-16(11-22-12-17(15)18)13-4-8-19-14(10-13)5-9-21(26)24(19)2/h2*4,8,10-12,18H,3,5-7,9H2,1-2H3,(H,23,25). The van der Waals surface area contributed by atoms with Crippen LogP contribution in [0.4, 0.5) is 11.4 Å². The van der Waals surface area contributed by atoms with E-state index in [2.05, 4.69) is 44.9 Å². The molecule has 2 aliphatic carbocycles. The minimum Gasteiger partial charge on any atom is -0.349 e. The van der Waals surface area contributed by atoms with E-state index in [4.69, 9.17) is 0 Å². The molecule has 2 aliphatic heterocycles. The maximum absolute atomic E-state index is 11.9. The van der Waals surface area contributed by atoms with Crippen molar-refractivity contribution < 1.29 is 19.2 Å². The second kappa shape index (κ2) is 14.7. The molecule has 4 aliphatic rings. The van der Waals surface area contributed by atoms with Gasteiger partial charge in [-0.15, -0.1) is 0 Å². The molecule has 2 unspecified atom stereocenters. The predicted octanol–water partition coefficient (Wildman–Crippen LogP) is 6.34. The number of anilines is 2. The van der Waals surface area contributed by atoms with E-state index in [9.17, 15) is 19.2 Å². The van der Waals surface area contributed by atoms with Crippen LogP contribution in [0.1, 0.15) is 97.8 Å². The van der Waals surface area contributed by atoms with Crippen LogP contribution in [0.2, 0.25) is 0 Å². The van der Waals surface area contributed by atoms with E-state index in [0.29, 0.717) is 25.7 Å². The molecule has 2 atom stereocenters. The molecule has 2 N–H and O–H groups in total. The fourth-order valence-corrected chi connectivity index (χ4v) is 8.09. The summed E-state index contributed by atoms with van der Waals surface area (Å²) in [6, 6.07) is 12.7. The van der Waals surface area contributed by atoms with Gasteiger partial charge in [0, 0.05) is 87.1 Å². The van der Waals surface area contributed by atoms with Gasteiger partial charge in [0.05, 0.1) is 12.1 Å². The molecule has 4 heterocycles. The van der Waals surface area contributed by atoms with Gasteiger partial charge in [-0.2, -0.15) is 0 Å². The lowest BCUT2D eigenvalue weighted by atomic mass is 9.94. The van der Waals surface area contributed by atoms with Crippen molar-refractivity contribution in [1.82, 2.24) is 20.6 Å². The Balaban J connectivity index is 0.000000162. The second-order valence-corrected chi connectivity index (χ2v) is 14.1. The maximum atomic E-state index is 11.9. The summed E-state index contributed by atoms with van der Waals surface area (Å²) in [5.41, 5.74) is 13.8. The summed E-state index contributed by atoms with van der Waals surface area (Å²) in [6.45, 7) is 3.74. The third-order valence-electron chi connectivity index (χ3n) is 11.1. The molecular weight excluding hydrogens is 652 g/mol. The molecule has 2 aromatic heterocycles. The lowest BCUT2D eigenvalue weighted by Gasteiger charge is -2.26. The van der Waals surface area contributed by atoms with Crippen LogP contribution < -0.4 is 20.4 Å². The zero-order valence-electron chi connectivity index (χ0n) is 30.4. The molecule has 0 fully saturated rings. The van der Waals surface area contributed by atoms with E-state index in [-0.39, 0.29) is 35.7 Å². The molecular formula is C42H46N6O4. The first kappa shape index (κ1) is 35.0. The maximum Gasteiger partial charge on any atom is 0.227 e. The van der Waals surface area contributed by atoms with Crippen molar-refractivity contribution in [2.45, 2.75) is 90.1 Å². The van der Waals surface area contributed by atoms with Crippen molar-refractivity contribution in [3.63, 3.8) is 0 Å². The first-order valence-corrected chi connectivity index (χ1v) is 18.5. The normalized spacial score (nSPS) is 18.5. The van der Waals surface area contributed by atoms with Gasteiger partial charge in [0.1, 0.15) is 0 Å². The molecule has 4 amide bonds. The highest BCUT2D eigenvalue weighted by Gasteiger charge is 2.29. The number of nitrogens with zero attached hydrogens (tertiary/aromatic N) is 4. The number of pyridine rings is 2. The summed E-state index contributed by atoms with van der Waals surface area (Å²) in [6.07, 6.45) is 15.0. The lowest BCUT2D eigenvalue weighted by Crippen LogP contribution is -2.30. The number of hydrogen-bond acceptors (Lipinski definition) is 6. The quantitative estimate of drug-likeness (QED) is 0.242. The highest BCUT2D eigenvalue weighted by Crippen LogP contribution is 2.40. The first-order chi connectivity index (χ1) is 25.2. The Morgan fingerprint density at radius 1 is 0.635 bits per heavy atom. The predicted molar refractivity (Wildman–Crippen MR) is 202 cm³/mol. The highest BCUT2D eigenvalue weighted by molar-refractivity contribution is 5.97. The van der Waals surface area contributed by atoms with Gasteiger partial charge in [-0.3, -0.25) is 29.1 Å². The number of aromatic nitrogens is 2. The summed E-state index contributed by atoms with van der Waals surface area (Å²) in [7, 11) is 3.67. The Kier molecular flexibility index (Phi) is 9.90. The van der Waals surface area contributed by atoms with E-state index in [1.165, 1.54) is 22.3 Å². The van der Waals surface area contributed by atoms with Crippen molar-refractivity contribution in [1.29, 1.82) is 0 Å². The fourth-order valence-electron chi connectivity index (χ4n) is 8.09. The van der Waals surface area contributed by atoms with Gasteiger partial charge in [-0.05, 0) is 107 Å². The SMILES string of the molecule is CCC(=O)NC1CCc2c(-c3ccc4c(c3)CCC(=O)N4C)cncc21.CCC(=O)NC1CCc2c(-c3ccc4c(c3)CCC(=O)N4C)cncc21. The third-order valence-corrected chi connectivity index (χ3v) is 11.1. The van der Waals surface area contributed by atoms with Crippen LogP contribution in [0.5, 0.6) is 0 Å². The number of carbonyl (C=O) groups excluding carboxylic acids is 4. The molecule has 0 bridgehead atoms. The fraction of sp³-hybridized carbons (Fsp3) is 0.381. The van der Waals surface area contributed by atoms with Crippen LogP contribution >= 0.6 is 0 Å². The number of rotatable bonds is 6. The van der Waals surface area contributed by atoms with Crippen LogP contribution in [0.25, 0.3) is 22.3 Å². The van der Waals surface area contributed by atoms with E-state index < -0.39 is 0 Å². The molecule has 10 heteroatoms. The van der Waals surface area contributed by atoms with Crippen LogP contribution in [-0.2, 0) is 44.9 Å². The minimum absolute atomic E-state index is 0.0614. The Labute approximate surface area is 305 Å². The van der Waals surface area contributed by atoms with E-state index >= 15 is 0 Å². The summed E-state index contributed by atoms with van der Waals surface area (Å²) in [4.78, 5) is 59.7. The van der Waals surface area contributed by atoms with Gasteiger partial charge in [-0.25, -0.2) is 0 Å². The zero-order valence-corrected chi connectivity index (χ0v) is 30.4. The Hall–Kier alpha value is -5.38. The lowest BCUT2D eigenvalue weighted by molar-refractivity contribution is -0.122. The van der Waals surface area contributed by atoms with Crippen LogP contribution in [-0.4, -0.2) is 47.7 Å². The second-order valence-electron chi connectivity index (χ2n) is 14.1. The number of hydrogen-bond donors (Lipinski definition) is 2. The molecule has 0 radical (unpaired) electrons. The highest BCUT2D eigenvalue weighted by atomic mass is 16.2. The molecule has 0 spiro atoms. The summed E-state index contributed by atoms with van der Waals surface area (Å²) in [5, 5.41) is 6.20. The Morgan fingerprint density at radius 3 is 1.46 bits per heavy atom. The van der Waals surface area contributed by atoms with Gasteiger partial charge in [0.15, 0.2) is 0 Å². The first-order valence-electron chi connectivity index (χ1n) is 18.5.